The first-order chi connectivity index (χ1) is 7.00. The van der Waals surface area contributed by atoms with Gasteiger partial charge in [0.1, 0.15) is 0 Å². The molecule has 1 atom stereocenters. The molecule has 0 bridgehead atoms. The summed E-state index contributed by atoms with van der Waals surface area (Å²) in [6.07, 6.45) is 1.96. The van der Waals surface area contributed by atoms with Crippen molar-refractivity contribution >= 4 is 5.91 Å². The average molecular weight is 213 g/mol. The van der Waals surface area contributed by atoms with Gasteiger partial charge in [0.2, 0.25) is 5.91 Å². The van der Waals surface area contributed by atoms with Crippen molar-refractivity contribution in [3.8, 4) is 0 Å². The van der Waals surface area contributed by atoms with Crippen LogP contribution in [0.1, 0.15) is 54.4 Å². The lowest BCUT2D eigenvalue weighted by atomic mass is 9.96. The number of nitrogens with zero attached hydrogens (tertiary/aromatic N) is 1. The summed E-state index contributed by atoms with van der Waals surface area (Å²) in [6, 6.07) is 0.379. The normalized spacial score (nSPS) is 20.9. The molecule has 2 heteroatoms. The van der Waals surface area contributed by atoms with Gasteiger partial charge in [-0.05, 0) is 32.1 Å². The quantitative estimate of drug-likeness (QED) is 0.704. The Morgan fingerprint density at radius 1 is 1.27 bits per heavy atom. The van der Waals surface area contributed by atoms with Crippen molar-refractivity contribution in [2.75, 3.05) is 6.54 Å². The number of likely N-dealkylation sites (tertiary alicyclic amines) is 1. The van der Waals surface area contributed by atoms with Gasteiger partial charge in [-0.25, -0.2) is 0 Å². The van der Waals surface area contributed by atoms with Gasteiger partial charge >= 0.3 is 0 Å². The third-order valence-corrected chi connectivity index (χ3v) is 2.67. The summed E-state index contributed by atoms with van der Waals surface area (Å²) in [4.78, 5) is 13.5. The minimum Gasteiger partial charge on any atom is -0.340 e. The summed E-state index contributed by atoms with van der Waals surface area (Å²) in [5.74, 6) is 1.67. The van der Waals surface area contributed by atoms with Crippen LogP contribution >= 0.6 is 0 Å². The maximum absolute atomic E-state index is 11.5. The molecule has 1 saturated heterocycles. The van der Waals surface area contributed by atoms with Crippen LogP contribution in [0.5, 0.6) is 0 Å². The fourth-order valence-electron chi connectivity index (χ4n) is 2.13. The topological polar surface area (TPSA) is 20.3 Å². The lowest BCUT2D eigenvalue weighted by Gasteiger charge is -2.21. The highest BCUT2D eigenvalue weighted by Gasteiger charge is 2.30. The van der Waals surface area contributed by atoms with E-state index in [1.165, 1.54) is 6.42 Å². The monoisotopic (exact) mass is 213 g/mol. The third-order valence-electron chi connectivity index (χ3n) is 2.67. The largest absolute Gasteiger partial charge is 0.340 e. The van der Waals surface area contributed by atoms with Gasteiger partial charge in [0.15, 0.2) is 0 Å². The molecule has 0 N–H and O–H groups in total. The Kier molecular flexibility index (Phi) is 6.62. The lowest BCUT2D eigenvalue weighted by Crippen LogP contribution is -2.32. The average Bonchev–Trinajstić information content (AvgIpc) is 2.49. The Balaban J connectivity index is 0.000000921. The Morgan fingerprint density at radius 3 is 2.13 bits per heavy atom. The van der Waals surface area contributed by atoms with E-state index in [9.17, 15) is 4.79 Å². The molecule has 1 unspecified atom stereocenters. The van der Waals surface area contributed by atoms with Gasteiger partial charge < -0.3 is 4.90 Å². The van der Waals surface area contributed by atoms with Crippen LogP contribution < -0.4 is 0 Å². The maximum atomic E-state index is 11.5. The molecule has 1 heterocycles. The molecule has 2 nitrogen and oxygen atoms in total. The molecule has 0 aromatic rings. The number of rotatable bonds is 3. The van der Waals surface area contributed by atoms with Crippen LogP contribution in [0.3, 0.4) is 0 Å². The number of hydrogen-bond donors (Lipinski definition) is 0. The zero-order valence-corrected chi connectivity index (χ0v) is 11.2. The first kappa shape index (κ1) is 14.5. The first-order valence-electron chi connectivity index (χ1n) is 6.30. The molecule has 1 fully saturated rings. The van der Waals surface area contributed by atoms with Gasteiger partial charge in [-0.1, -0.05) is 27.7 Å². The highest BCUT2D eigenvalue weighted by Crippen LogP contribution is 2.25. The molecule has 0 spiro atoms. The molecule has 0 aliphatic carbocycles. The van der Waals surface area contributed by atoms with E-state index in [1.54, 1.807) is 0 Å². The van der Waals surface area contributed by atoms with E-state index >= 15 is 0 Å². The van der Waals surface area contributed by atoms with E-state index in [0.717, 1.165) is 13.0 Å². The number of carbonyl (C=O) groups is 1. The minimum atomic E-state index is 0.348. The molecule has 1 amide bonds. The fraction of sp³-hybridized carbons (Fsp3) is 0.923. The summed E-state index contributed by atoms with van der Waals surface area (Å²) in [7, 11) is 0. The molecule has 0 radical (unpaired) electrons. The second kappa shape index (κ2) is 6.86. The first-order valence-corrected chi connectivity index (χ1v) is 6.30. The zero-order chi connectivity index (χ0) is 12.0. The van der Waals surface area contributed by atoms with Crippen molar-refractivity contribution in [3.05, 3.63) is 0 Å². The number of hydrogen-bond acceptors (Lipinski definition) is 1. The molecule has 0 aromatic heterocycles. The molecule has 1 aliphatic heterocycles. The standard InChI is InChI=1S/C11H21NO.C2H6/c1-8(2)5-10-6-11(13)12(7-10)9(3)4;1-2/h8-10H,5-7H2,1-4H3;1-2H3. The Hall–Kier alpha value is -0.530. The second-order valence-electron chi connectivity index (χ2n) is 4.84. The summed E-state index contributed by atoms with van der Waals surface area (Å²) < 4.78 is 0. The van der Waals surface area contributed by atoms with E-state index in [4.69, 9.17) is 0 Å². The van der Waals surface area contributed by atoms with Crippen LogP contribution in [-0.2, 0) is 4.79 Å². The van der Waals surface area contributed by atoms with Crippen LogP contribution in [-0.4, -0.2) is 23.4 Å². The van der Waals surface area contributed by atoms with Gasteiger partial charge in [0.25, 0.3) is 0 Å². The van der Waals surface area contributed by atoms with E-state index < -0.39 is 0 Å². The predicted octanol–water partition coefficient (Wildman–Crippen LogP) is 3.32. The van der Waals surface area contributed by atoms with Crippen LogP contribution in [0.2, 0.25) is 0 Å². The van der Waals surface area contributed by atoms with Crippen LogP contribution in [0.25, 0.3) is 0 Å². The molecule has 90 valence electrons. The summed E-state index contributed by atoms with van der Waals surface area (Å²) in [6.45, 7) is 13.6. The molecule has 1 rings (SSSR count). The van der Waals surface area contributed by atoms with E-state index in [-0.39, 0.29) is 0 Å². The summed E-state index contributed by atoms with van der Waals surface area (Å²) in [5, 5.41) is 0. The summed E-state index contributed by atoms with van der Waals surface area (Å²) >= 11 is 0. The molecule has 0 saturated carbocycles. The predicted molar refractivity (Wildman–Crippen MR) is 65.8 cm³/mol. The Morgan fingerprint density at radius 2 is 1.80 bits per heavy atom. The van der Waals surface area contributed by atoms with Crippen molar-refractivity contribution in [3.63, 3.8) is 0 Å². The fourth-order valence-corrected chi connectivity index (χ4v) is 2.13. The minimum absolute atomic E-state index is 0.348. The smallest absolute Gasteiger partial charge is 0.223 e. The zero-order valence-electron chi connectivity index (χ0n) is 11.2. The molecular weight excluding hydrogens is 186 g/mol. The van der Waals surface area contributed by atoms with Crippen LogP contribution in [0, 0.1) is 11.8 Å². The SMILES string of the molecule is CC.CC(C)CC1CC(=O)N(C(C)C)C1. The Bertz CT molecular complexity index is 187. The lowest BCUT2D eigenvalue weighted by molar-refractivity contribution is -0.129. The van der Waals surface area contributed by atoms with Crippen LogP contribution in [0.15, 0.2) is 0 Å². The molecular formula is C13H27NO. The molecule has 1 aliphatic rings. The number of carbonyl (C=O) groups excluding carboxylic acids is 1. The summed E-state index contributed by atoms with van der Waals surface area (Å²) in [5.41, 5.74) is 0. The van der Waals surface area contributed by atoms with E-state index in [1.807, 2.05) is 18.7 Å². The molecule has 0 aromatic carbocycles. The van der Waals surface area contributed by atoms with Gasteiger partial charge in [0, 0.05) is 19.0 Å². The highest BCUT2D eigenvalue weighted by molar-refractivity contribution is 5.78. The third kappa shape index (κ3) is 4.67. The van der Waals surface area contributed by atoms with E-state index in [0.29, 0.717) is 23.8 Å². The molecule has 15 heavy (non-hydrogen) atoms. The second-order valence-corrected chi connectivity index (χ2v) is 4.84. The van der Waals surface area contributed by atoms with E-state index in [2.05, 4.69) is 27.7 Å². The van der Waals surface area contributed by atoms with Gasteiger partial charge in [-0.3, -0.25) is 4.79 Å². The number of amides is 1. The van der Waals surface area contributed by atoms with Gasteiger partial charge in [0.05, 0.1) is 0 Å². The van der Waals surface area contributed by atoms with Crippen molar-refractivity contribution in [2.45, 2.75) is 60.4 Å². The van der Waals surface area contributed by atoms with Crippen molar-refractivity contribution in [1.29, 1.82) is 0 Å². The van der Waals surface area contributed by atoms with Crippen molar-refractivity contribution in [2.24, 2.45) is 11.8 Å². The Labute approximate surface area is 95.0 Å². The van der Waals surface area contributed by atoms with Crippen LogP contribution in [0.4, 0.5) is 0 Å². The maximum Gasteiger partial charge on any atom is 0.223 e. The van der Waals surface area contributed by atoms with Gasteiger partial charge in [-0.2, -0.15) is 0 Å². The highest BCUT2D eigenvalue weighted by atomic mass is 16.2. The van der Waals surface area contributed by atoms with Crippen molar-refractivity contribution in [1.82, 2.24) is 4.90 Å². The van der Waals surface area contributed by atoms with Crippen molar-refractivity contribution < 1.29 is 4.79 Å². The van der Waals surface area contributed by atoms with Gasteiger partial charge in [-0.15, -0.1) is 0 Å².